The Morgan fingerprint density at radius 3 is 1.46 bits per heavy atom. The molecule has 0 saturated carbocycles. The zero-order chi connectivity index (χ0) is 25.4. The van der Waals surface area contributed by atoms with Gasteiger partial charge in [0.2, 0.25) is 10.0 Å². The first kappa shape index (κ1) is 32.7. The van der Waals surface area contributed by atoms with Crippen LogP contribution in [0.1, 0.15) is 45.5 Å². The molecule has 4 nitrogen and oxygen atoms in total. The zero-order valence-electron chi connectivity index (χ0n) is 21.5. The van der Waals surface area contributed by atoms with E-state index < -0.39 is 22.1 Å². The van der Waals surface area contributed by atoms with Crippen molar-refractivity contribution in [2.24, 2.45) is 5.73 Å². The van der Waals surface area contributed by atoms with Crippen molar-refractivity contribution in [3.63, 3.8) is 0 Å². The van der Waals surface area contributed by atoms with E-state index in [1.807, 2.05) is 67.6 Å². The Hall–Kier alpha value is -2.34. The monoisotopic (exact) mass is 623 g/mol. The number of rotatable bonds is 6. The van der Waals surface area contributed by atoms with Gasteiger partial charge in [-0.3, -0.25) is 0 Å². The maximum atomic E-state index is 12.9. The van der Waals surface area contributed by atoms with Crippen LogP contribution in [0.4, 0.5) is 0 Å². The third-order valence-corrected chi connectivity index (χ3v) is 7.14. The van der Waals surface area contributed by atoms with Crippen LogP contribution in [0.25, 0.3) is 0 Å². The number of nitrogens with two attached hydrogens (primary N) is 1. The van der Waals surface area contributed by atoms with E-state index in [2.05, 4.69) is 43.7 Å². The first-order chi connectivity index (χ1) is 16.7. The first-order valence-electron chi connectivity index (χ1n) is 11.6. The van der Waals surface area contributed by atoms with E-state index in [1.165, 1.54) is 16.7 Å². The minimum atomic E-state index is -3.71. The van der Waals surface area contributed by atoms with Crippen molar-refractivity contribution < 1.29 is 40.3 Å². The summed E-state index contributed by atoms with van der Waals surface area (Å²) in [7, 11) is -3.71. The maximum absolute atomic E-state index is 12.9. The van der Waals surface area contributed by atoms with Crippen LogP contribution < -0.4 is 22.9 Å². The number of nitrogens with one attached hydrogen (secondary N) is 1. The molecule has 0 aliphatic rings. The number of benzene rings is 4. The molecule has 0 aliphatic heterocycles. The molecule has 2 atom stereocenters. The molecule has 194 valence electrons. The molecule has 0 aliphatic carbocycles. The quantitative estimate of drug-likeness (QED) is 0.324. The van der Waals surface area contributed by atoms with Crippen LogP contribution >= 0.6 is 0 Å². The van der Waals surface area contributed by atoms with Crippen LogP contribution in [-0.2, 0) is 29.5 Å². The normalized spacial score (nSPS) is 12.1. The zero-order valence-corrected chi connectivity index (χ0v) is 24.8. The second kappa shape index (κ2) is 15.2. The summed E-state index contributed by atoms with van der Waals surface area (Å²) in [6, 6.07) is 31.1. The van der Waals surface area contributed by atoms with Gasteiger partial charge >= 0.3 is 19.5 Å². The summed E-state index contributed by atoms with van der Waals surface area (Å²) in [5.41, 5.74) is 13.2. The van der Waals surface area contributed by atoms with E-state index in [0.717, 1.165) is 16.7 Å². The molecule has 0 bridgehead atoms. The smallest absolute Gasteiger partial charge is 1.00 e. The second-order valence-corrected chi connectivity index (χ2v) is 10.6. The summed E-state index contributed by atoms with van der Waals surface area (Å²) < 4.78 is 28.6. The van der Waals surface area contributed by atoms with Gasteiger partial charge < -0.3 is 18.1 Å². The Morgan fingerprint density at radius 2 is 1.03 bits per heavy atom. The van der Waals surface area contributed by atoms with Crippen molar-refractivity contribution in [1.29, 1.82) is 0 Å². The van der Waals surface area contributed by atoms with Crippen LogP contribution in [0.3, 0.4) is 0 Å². The molecule has 0 saturated heterocycles. The van der Waals surface area contributed by atoms with Crippen molar-refractivity contribution in [1.82, 2.24) is 4.72 Å². The van der Waals surface area contributed by atoms with E-state index in [-0.39, 0.29) is 36.8 Å². The minimum Gasteiger partial charge on any atom is -1.00 e. The number of aryl methyl sites for hydroxylation is 4. The molecule has 0 amide bonds. The predicted octanol–water partition coefficient (Wildman–Crippen LogP) is 3.33. The Morgan fingerprint density at radius 1 is 0.622 bits per heavy atom. The number of hydrogen-bond donors (Lipinski definition) is 2. The van der Waals surface area contributed by atoms with Crippen LogP contribution in [0.2, 0.25) is 0 Å². The summed E-state index contributed by atoms with van der Waals surface area (Å²) in [6.07, 6.45) is 0. The van der Waals surface area contributed by atoms with Gasteiger partial charge in [-0.15, -0.1) is 0 Å². The second-order valence-electron chi connectivity index (χ2n) is 8.92. The van der Waals surface area contributed by atoms with Gasteiger partial charge in [-0.05, 0) is 51.0 Å². The van der Waals surface area contributed by atoms with E-state index in [1.54, 1.807) is 24.3 Å². The number of hydrogen-bond acceptors (Lipinski definition) is 3. The van der Waals surface area contributed by atoms with E-state index >= 15 is 0 Å². The van der Waals surface area contributed by atoms with Gasteiger partial charge in [0.15, 0.2) is 0 Å². The van der Waals surface area contributed by atoms with E-state index in [4.69, 9.17) is 5.73 Å². The van der Waals surface area contributed by atoms with Crippen molar-refractivity contribution in [2.45, 2.75) is 44.7 Å². The molecule has 0 heterocycles. The molecule has 3 N–H and O–H groups in total. The molecule has 0 fully saturated rings. The molecular weight excluding hydrogens is 589 g/mol. The average molecular weight is 623 g/mol. The molecule has 0 unspecified atom stereocenters. The number of sulfonamides is 1. The van der Waals surface area contributed by atoms with Gasteiger partial charge in [0, 0.05) is 0 Å². The van der Waals surface area contributed by atoms with E-state index in [0.29, 0.717) is 0 Å². The average Bonchev–Trinajstić information content (AvgIpc) is 2.83. The van der Waals surface area contributed by atoms with Crippen molar-refractivity contribution in [3.05, 3.63) is 137 Å². The summed E-state index contributed by atoms with van der Waals surface area (Å²) in [5.74, 6) is 0. The van der Waals surface area contributed by atoms with Gasteiger partial charge in [0.1, 0.15) is 0 Å². The third kappa shape index (κ3) is 9.81. The molecular formula is C30H34ClN2O2RuS+3. The molecule has 4 rings (SSSR count). The Bertz CT molecular complexity index is 1280. The van der Waals surface area contributed by atoms with Gasteiger partial charge in [0.05, 0.1) is 17.0 Å². The van der Waals surface area contributed by atoms with Gasteiger partial charge in [-0.1, -0.05) is 113 Å². The van der Waals surface area contributed by atoms with Crippen LogP contribution in [-0.4, -0.2) is 8.42 Å². The first-order valence-corrected chi connectivity index (χ1v) is 13.1. The Balaban J connectivity index is 0.000000530. The Labute approximate surface area is 240 Å². The van der Waals surface area contributed by atoms with Crippen molar-refractivity contribution in [3.8, 4) is 0 Å². The molecule has 0 aromatic heterocycles. The summed E-state index contributed by atoms with van der Waals surface area (Å²) >= 11 is 0. The molecule has 37 heavy (non-hydrogen) atoms. The number of halogens is 1. The summed E-state index contributed by atoms with van der Waals surface area (Å²) in [6.45, 7) is 8.29. The fourth-order valence-corrected chi connectivity index (χ4v) is 5.28. The topological polar surface area (TPSA) is 72.2 Å². The van der Waals surface area contributed by atoms with Gasteiger partial charge in [0.25, 0.3) is 0 Å². The molecule has 4 aromatic rings. The summed E-state index contributed by atoms with van der Waals surface area (Å²) in [5, 5.41) is 0. The minimum absolute atomic E-state index is 0. The van der Waals surface area contributed by atoms with Crippen LogP contribution in [0, 0.1) is 27.7 Å². The maximum Gasteiger partial charge on any atom is 4.00 e. The van der Waals surface area contributed by atoms with Gasteiger partial charge in [-0.25, -0.2) is 13.1 Å². The molecule has 4 aromatic carbocycles. The van der Waals surface area contributed by atoms with Crippen molar-refractivity contribution >= 4 is 10.0 Å². The Kier molecular flexibility index (Phi) is 13.4. The fourth-order valence-electron chi connectivity index (χ4n) is 4.03. The molecule has 7 heteroatoms. The molecule has 0 spiro atoms. The molecule has 0 radical (unpaired) electrons. The largest absolute Gasteiger partial charge is 4.00 e. The summed E-state index contributed by atoms with van der Waals surface area (Å²) in [4.78, 5) is 0.226. The van der Waals surface area contributed by atoms with Crippen molar-refractivity contribution in [2.75, 3.05) is 0 Å². The third-order valence-electron chi connectivity index (χ3n) is 5.68. The predicted molar refractivity (Wildman–Crippen MR) is 145 cm³/mol. The van der Waals surface area contributed by atoms with Gasteiger partial charge in [-0.2, -0.15) is 0 Å². The van der Waals surface area contributed by atoms with E-state index in [9.17, 15) is 8.42 Å². The SMILES string of the molecule is Cc1cc(C)cc(C)c1.Cc1ccc(S(=O)(=O)N[C@H](c2ccccc2)[C@H](N)c2ccccc2)cc1.[Cl-].[Ru+4]. The van der Waals surface area contributed by atoms with Crippen LogP contribution in [0.5, 0.6) is 0 Å². The van der Waals surface area contributed by atoms with Crippen LogP contribution in [0.15, 0.2) is 108 Å². The fraction of sp³-hybridized carbons (Fsp3) is 0.200. The standard InChI is InChI=1S/C21H22N2O2S.C9H12.ClH.Ru/c1-16-12-14-19(15-13-16)26(24,25)23-21(18-10-6-3-7-11-18)20(22)17-8-4-2-5-9-17;1-7-4-8(2)6-9(3)5-7;;/h2-15,20-21,23H,22H2,1H3;4-6H,1-3H3;1H;/q;;;+4/p-1/t20-,21-;;;/m1.../s1.